The second-order valence-electron chi connectivity index (χ2n) is 5.38. The molecule has 4 N–H and O–H groups in total. The Morgan fingerprint density at radius 2 is 1.92 bits per heavy atom. The van der Waals surface area contributed by atoms with Crippen LogP contribution in [0.5, 0.6) is 0 Å². The van der Waals surface area contributed by atoms with Crippen molar-refractivity contribution >= 4 is 28.3 Å². The van der Waals surface area contributed by atoms with Crippen LogP contribution in [0, 0.1) is 6.92 Å². The lowest BCUT2D eigenvalue weighted by Crippen LogP contribution is -2.22. The van der Waals surface area contributed by atoms with Gasteiger partial charge in [-0.2, -0.15) is 5.10 Å². The molecule has 8 heteroatoms. The van der Waals surface area contributed by atoms with Gasteiger partial charge in [0.1, 0.15) is 5.69 Å². The van der Waals surface area contributed by atoms with Crippen LogP contribution >= 0.6 is 0 Å². The number of aromatic nitrogens is 3. The molecule has 2 aromatic heterocycles. The zero-order valence-corrected chi connectivity index (χ0v) is 13.1. The predicted molar refractivity (Wildman–Crippen MR) is 89.0 cm³/mol. The first-order valence-electron chi connectivity index (χ1n) is 7.15. The van der Waals surface area contributed by atoms with Gasteiger partial charge in [-0.3, -0.25) is 19.1 Å². The highest BCUT2D eigenvalue weighted by Crippen LogP contribution is 2.19. The van der Waals surface area contributed by atoms with Crippen molar-refractivity contribution in [2.24, 2.45) is 12.8 Å². The van der Waals surface area contributed by atoms with Crippen molar-refractivity contribution in [3.63, 3.8) is 0 Å². The van der Waals surface area contributed by atoms with Gasteiger partial charge in [0, 0.05) is 18.6 Å². The largest absolute Gasteiger partial charge is 0.364 e. The minimum atomic E-state index is -0.755. The van der Waals surface area contributed by atoms with Crippen molar-refractivity contribution in [2.75, 3.05) is 5.32 Å². The summed E-state index contributed by atoms with van der Waals surface area (Å²) in [7, 11) is 1.60. The summed E-state index contributed by atoms with van der Waals surface area (Å²) in [6.45, 7) is 1.74. The van der Waals surface area contributed by atoms with Gasteiger partial charge in [-0.15, -0.1) is 0 Å². The van der Waals surface area contributed by atoms with Gasteiger partial charge in [0.25, 0.3) is 17.4 Å². The molecule has 0 aliphatic carbocycles. The van der Waals surface area contributed by atoms with Crippen LogP contribution in [0.2, 0.25) is 0 Å². The first-order chi connectivity index (χ1) is 11.4. The van der Waals surface area contributed by atoms with E-state index < -0.39 is 11.8 Å². The van der Waals surface area contributed by atoms with Gasteiger partial charge in [-0.25, -0.2) is 0 Å². The van der Waals surface area contributed by atoms with E-state index >= 15 is 0 Å². The van der Waals surface area contributed by atoms with Crippen LogP contribution in [0.3, 0.4) is 0 Å². The summed E-state index contributed by atoms with van der Waals surface area (Å²) in [4.78, 5) is 38.7. The number of amides is 2. The van der Waals surface area contributed by atoms with Gasteiger partial charge in [0.05, 0.1) is 5.69 Å². The fraction of sp³-hybridized carbons (Fsp3) is 0.125. The number of H-pyrrole nitrogens is 1. The van der Waals surface area contributed by atoms with Crippen molar-refractivity contribution in [2.45, 2.75) is 6.92 Å². The monoisotopic (exact) mass is 325 g/mol. The van der Waals surface area contributed by atoms with Crippen LogP contribution in [-0.4, -0.2) is 26.6 Å². The first-order valence-corrected chi connectivity index (χ1v) is 7.15. The van der Waals surface area contributed by atoms with Crippen LogP contribution in [0.4, 0.5) is 5.69 Å². The number of rotatable bonds is 3. The number of primary amides is 1. The van der Waals surface area contributed by atoms with Crippen molar-refractivity contribution in [3.05, 3.63) is 57.8 Å². The van der Waals surface area contributed by atoms with E-state index in [9.17, 15) is 14.4 Å². The van der Waals surface area contributed by atoms with Crippen LogP contribution < -0.4 is 16.6 Å². The number of aromatic amines is 1. The minimum absolute atomic E-state index is 0.0494. The lowest BCUT2D eigenvalue weighted by molar-refractivity contribution is 0.0995. The lowest BCUT2D eigenvalue weighted by atomic mass is 10.1. The molecule has 0 fully saturated rings. The number of aryl methyl sites for hydroxylation is 2. The number of carbonyl (C=O) groups excluding carboxylic acids is 2. The van der Waals surface area contributed by atoms with Crippen LogP contribution in [0.1, 0.15) is 26.5 Å². The number of nitrogens with two attached hydrogens (primary N) is 1. The number of hydrogen-bond donors (Lipinski definition) is 3. The number of nitrogens with one attached hydrogen (secondary N) is 2. The molecule has 0 saturated carbocycles. The number of carbonyl (C=O) groups is 2. The van der Waals surface area contributed by atoms with Crippen LogP contribution in [-0.2, 0) is 7.05 Å². The molecule has 0 aliphatic heterocycles. The molecule has 0 aliphatic rings. The molecule has 3 aromatic rings. The van der Waals surface area contributed by atoms with Gasteiger partial charge in [-0.05, 0) is 23.9 Å². The Hall–Kier alpha value is -3.42. The molecule has 0 spiro atoms. The van der Waals surface area contributed by atoms with Crippen molar-refractivity contribution in [3.8, 4) is 0 Å². The molecule has 24 heavy (non-hydrogen) atoms. The molecule has 0 radical (unpaired) electrons. The van der Waals surface area contributed by atoms with E-state index in [1.54, 1.807) is 38.2 Å². The Morgan fingerprint density at radius 3 is 2.58 bits per heavy atom. The number of anilines is 1. The van der Waals surface area contributed by atoms with E-state index in [2.05, 4.69) is 15.4 Å². The Balaban J connectivity index is 2.06. The standard InChI is InChI=1S/C16H15N5O3/c1-8-9-5-3-4-6-10(9)15(23)19-12(8)16(24)18-11-7-21(2)20-13(11)14(17)22/h3-7H,1-2H3,(H2,17,22)(H,18,24)(H,19,23). The summed E-state index contributed by atoms with van der Waals surface area (Å²) in [5, 5.41) is 7.66. The van der Waals surface area contributed by atoms with Crippen molar-refractivity contribution in [1.82, 2.24) is 14.8 Å². The molecule has 8 nitrogen and oxygen atoms in total. The average molecular weight is 325 g/mol. The maximum Gasteiger partial charge on any atom is 0.272 e. The fourth-order valence-corrected chi connectivity index (χ4v) is 2.59. The van der Waals surface area contributed by atoms with E-state index in [1.807, 2.05) is 0 Å². The first kappa shape index (κ1) is 15.5. The Morgan fingerprint density at radius 1 is 1.25 bits per heavy atom. The molecule has 0 saturated heterocycles. The zero-order chi connectivity index (χ0) is 17.4. The van der Waals surface area contributed by atoms with Gasteiger partial charge in [0.15, 0.2) is 5.69 Å². The molecule has 0 atom stereocenters. The fourth-order valence-electron chi connectivity index (χ4n) is 2.59. The molecule has 1 aromatic carbocycles. The highest BCUT2D eigenvalue weighted by atomic mass is 16.2. The Bertz CT molecular complexity index is 1030. The summed E-state index contributed by atoms with van der Waals surface area (Å²) >= 11 is 0. The van der Waals surface area contributed by atoms with E-state index in [0.29, 0.717) is 16.3 Å². The SMILES string of the molecule is Cc1c(C(=O)Nc2cn(C)nc2C(N)=O)[nH]c(=O)c2ccccc12. The minimum Gasteiger partial charge on any atom is -0.364 e. The predicted octanol–water partition coefficient (Wildman–Crippen LogP) is 0.921. The summed E-state index contributed by atoms with van der Waals surface area (Å²) in [5.74, 6) is -1.31. The highest BCUT2D eigenvalue weighted by molar-refractivity contribution is 6.09. The average Bonchev–Trinajstić information content (AvgIpc) is 2.91. The van der Waals surface area contributed by atoms with Gasteiger partial charge in [0.2, 0.25) is 0 Å². The molecule has 3 rings (SSSR count). The van der Waals surface area contributed by atoms with E-state index in [0.717, 1.165) is 0 Å². The molecule has 2 heterocycles. The zero-order valence-electron chi connectivity index (χ0n) is 13.1. The molecular formula is C16H15N5O3. The van der Waals surface area contributed by atoms with E-state index in [4.69, 9.17) is 5.73 Å². The number of pyridine rings is 1. The maximum absolute atomic E-state index is 12.5. The second-order valence-corrected chi connectivity index (χ2v) is 5.38. The Labute approximate surface area is 136 Å². The highest BCUT2D eigenvalue weighted by Gasteiger charge is 2.19. The van der Waals surface area contributed by atoms with Gasteiger partial charge in [-0.1, -0.05) is 18.2 Å². The third-order valence-electron chi connectivity index (χ3n) is 3.73. The summed E-state index contributed by atoms with van der Waals surface area (Å²) in [5.41, 5.74) is 5.78. The lowest BCUT2D eigenvalue weighted by Gasteiger charge is -2.09. The molecule has 122 valence electrons. The van der Waals surface area contributed by atoms with Gasteiger partial charge < -0.3 is 16.0 Å². The summed E-state index contributed by atoms with van der Waals surface area (Å²) in [6.07, 6.45) is 1.46. The second kappa shape index (κ2) is 5.65. The van der Waals surface area contributed by atoms with E-state index in [-0.39, 0.29) is 22.6 Å². The quantitative estimate of drug-likeness (QED) is 0.662. The number of benzene rings is 1. The van der Waals surface area contributed by atoms with Crippen molar-refractivity contribution < 1.29 is 9.59 Å². The molecule has 0 unspecified atom stereocenters. The Kier molecular flexibility index (Phi) is 3.64. The maximum atomic E-state index is 12.5. The molecule has 0 bridgehead atoms. The van der Waals surface area contributed by atoms with Crippen molar-refractivity contribution in [1.29, 1.82) is 0 Å². The number of nitrogens with zero attached hydrogens (tertiary/aromatic N) is 2. The summed E-state index contributed by atoms with van der Waals surface area (Å²) in [6, 6.07) is 7.01. The number of hydrogen-bond acceptors (Lipinski definition) is 4. The van der Waals surface area contributed by atoms with Crippen LogP contribution in [0.25, 0.3) is 10.8 Å². The smallest absolute Gasteiger partial charge is 0.272 e. The van der Waals surface area contributed by atoms with Crippen LogP contribution in [0.15, 0.2) is 35.3 Å². The molecular weight excluding hydrogens is 310 g/mol. The number of fused-ring (bicyclic) bond motifs is 1. The van der Waals surface area contributed by atoms with Gasteiger partial charge >= 0.3 is 0 Å². The van der Waals surface area contributed by atoms with E-state index in [1.165, 1.54) is 10.9 Å². The summed E-state index contributed by atoms with van der Waals surface area (Å²) < 4.78 is 1.37. The third kappa shape index (κ3) is 2.54. The normalized spacial score (nSPS) is 10.8. The topological polar surface area (TPSA) is 123 Å². The third-order valence-corrected chi connectivity index (χ3v) is 3.73. The molecule has 2 amide bonds.